The van der Waals surface area contributed by atoms with E-state index in [9.17, 15) is 32.1 Å². The van der Waals surface area contributed by atoms with Crippen molar-refractivity contribution in [2.24, 2.45) is 0 Å². The molecule has 1 aliphatic rings. The Kier molecular flexibility index (Phi) is 7.36. The van der Waals surface area contributed by atoms with Crippen molar-refractivity contribution in [3.8, 4) is 11.5 Å². The summed E-state index contributed by atoms with van der Waals surface area (Å²) in [5.74, 6) is -1.60. The van der Waals surface area contributed by atoms with E-state index in [2.05, 4.69) is 4.74 Å². The number of ether oxygens (including phenoxy) is 2. The van der Waals surface area contributed by atoms with E-state index in [1.165, 1.54) is 15.3 Å². The summed E-state index contributed by atoms with van der Waals surface area (Å²) < 4.78 is 61.7. The molecule has 3 rings (SSSR count). The van der Waals surface area contributed by atoms with Crippen LogP contribution in [0.2, 0.25) is 0 Å². The average molecular weight is 499 g/mol. The highest BCUT2D eigenvalue weighted by Crippen LogP contribution is 2.36. The maximum absolute atomic E-state index is 13.0. The van der Waals surface area contributed by atoms with E-state index >= 15 is 0 Å². The lowest BCUT2D eigenvalue weighted by Gasteiger charge is -2.34. The van der Waals surface area contributed by atoms with Gasteiger partial charge in [-0.2, -0.15) is 13.1 Å². The van der Waals surface area contributed by atoms with E-state index in [0.717, 1.165) is 24.3 Å². The second-order valence-electron chi connectivity index (χ2n) is 7.60. The summed E-state index contributed by atoms with van der Waals surface area (Å²) in [7, 11) is -2.64. The zero-order valence-corrected chi connectivity index (χ0v) is 19.5. The number of halogens is 2. The molecule has 0 spiro atoms. The highest BCUT2D eigenvalue weighted by Gasteiger charge is 2.34. The Morgan fingerprint density at radius 1 is 1.06 bits per heavy atom. The number of nitro groups is 1. The number of benzene rings is 2. The lowest BCUT2D eigenvalue weighted by Crippen LogP contribution is -2.50. The molecule has 0 N–H and O–H groups in total. The molecule has 13 heteroatoms. The number of carbonyl (C=O) groups excluding carboxylic acids is 1. The lowest BCUT2D eigenvalue weighted by molar-refractivity contribution is -0.385. The summed E-state index contributed by atoms with van der Waals surface area (Å²) in [4.78, 5) is 25.1. The summed E-state index contributed by atoms with van der Waals surface area (Å²) in [6.07, 6.45) is 0. The molecule has 0 atom stereocenters. The zero-order chi connectivity index (χ0) is 25.2. The predicted molar refractivity (Wildman–Crippen MR) is 117 cm³/mol. The number of rotatable bonds is 7. The van der Waals surface area contributed by atoms with E-state index in [0.29, 0.717) is 6.07 Å². The Hall–Kier alpha value is -3.32. The van der Waals surface area contributed by atoms with Gasteiger partial charge in [-0.1, -0.05) is 6.07 Å². The molecule has 1 fully saturated rings. The molecule has 0 aromatic heterocycles. The maximum atomic E-state index is 13.0. The van der Waals surface area contributed by atoms with Crippen molar-refractivity contribution < 1.29 is 36.4 Å². The normalized spacial score (nSPS) is 14.8. The standard InChI is InChI=1S/C21H23F2N3O7S/c1-13-4-5-15(10-14(13)2)34(30,31)25-8-6-24(7-9-25)20(27)16-11-18(32-3)19(33-21(22)23)12-17(16)26(28)29/h4-5,10-12,21H,6-9H2,1-3H3. The molecule has 184 valence electrons. The van der Waals surface area contributed by atoms with Gasteiger partial charge in [0, 0.05) is 32.2 Å². The molecular weight excluding hydrogens is 476 g/mol. The van der Waals surface area contributed by atoms with Gasteiger partial charge in [0.25, 0.3) is 11.6 Å². The fraction of sp³-hybridized carbons (Fsp3) is 0.381. The molecule has 1 heterocycles. The van der Waals surface area contributed by atoms with E-state index < -0.39 is 38.9 Å². The third-order valence-corrected chi connectivity index (χ3v) is 7.46. The second kappa shape index (κ2) is 9.89. The summed E-state index contributed by atoms with van der Waals surface area (Å²) >= 11 is 0. The molecule has 1 aliphatic heterocycles. The number of carbonyl (C=O) groups is 1. The van der Waals surface area contributed by atoms with Gasteiger partial charge in [0.05, 0.1) is 23.0 Å². The molecule has 1 saturated heterocycles. The molecule has 0 radical (unpaired) electrons. The Labute approximate surface area is 194 Å². The number of nitrogens with zero attached hydrogens (tertiary/aromatic N) is 3. The molecule has 0 unspecified atom stereocenters. The number of methoxy groups -OCH3 is 1. The predicted octanol–water partition coefficient (Wildman–Crippen LogP) is 2.97. The van der Waals surface area contributed by atoms with Crippen LogP contribution in [-0.2, 0) is 10.0 Å². The molecular formula is C21H23F2N3O7S. The van der Waals surface area contributed by atoms with Crippen LogP contribution in [0.3, 0.4) is 0 Å². The number of alkyl halides is 2. The topological polar surface area (TPSA) is 119 Å². The number of aryl methyl sites for hydroxylation is 2. The number of piperazine rings is 1. The summed E-state index contributed by atoms with van der Waals surface area (Å²) in [5, 5.41) is 11.5. The van der Waals surface area contributed by atoms with Crippen molar-refractivity contribution in [1.29, 1.82) is 0 Å². The number of sulfonamides is 1. The van der Waals surface area contributed by atoms with Crippen LogP contribution in [0.5, 0.6) is 11.5 Å². The van der Waals surface area contributed by atoms with Crippen LogP contribution in [0.1, 0.15) is 21.5 Å². The lowest BCUT2D eigenvalue weighted by atomic mass is 10.1. The van der Waals surface area contributed by atoms with E-state index in [4.69, 9.17) is 4.74 Å². The molecule has 0 aliphatic carbocycles. The number of nitro benzene ring substituents is 1. The monoisotopic (exact) mass is 499 g/mol. The van der Waals surface area contributed by atoms with Crippen LogP contribution in [-0.4, -0.2) is 68.4 Å². The minimum Gasteiger partial charge on any atom is -0.493 e. The fourth-order valence-electron chi connectivity index (χ4n) is 3.54. The third-order valence-electron chi connectivity index (χ3n) is 5.57. The molecule has 2 aromatic rings. The Morgan fingerprint density at radius 2 is 1.71 bits per heavy atom. The van der Waals surface area contributed by atoms with Crippen molar-refractivity contribution >= 4 is 21.6 Å². The van der Waals surface area contributed by atoms with Crippen molar-refractivity contribution in [3.05, 3.63) is 57.1 Å². The van der Waals surface area contributed by atoms with E-state index in [1.807, 2.05) is 13.8 Å². The Morgan fingerprint density at radius 3 is 2.24 bits per heavy atom. The summed E-state index contributed by atoms with van der Waals surface area (Å²) in [6, 6.07) is 6.50. The SMILES string of the molecule is COc1cc(C(=O)N2CCN(S(=O)(=O)c3ccc(C)c(C)c3)CC2)c([N+](=O)[O-])cc1OC(F)F. The summed E-state index contributed by atoms with van der Waals surface area (Å²) in [6.45, 7) is 0.370. The largest absolute Gasteiger partial charge is 0.493 e. The minimum absolute atomic E-state index is 0.0154. The maximum Gasteiger partial charge on any atom is 0.387 e. The highest BCUT2D eigenvalue weighted by molar-refractivity contribution is 7.89. The molecule has 2 aromatic carbocycles. The van der Waals surface area contributed by atoms with Crippen LogP contribution in [0, 0.1) is 24.0 Å². The first-order chi connectivity index (χ1) is 15.9. The number of hydrogen-bond acceptors (Lipinski definition) is 7. The average Bonchev–Trinajstić information content (AvgIpc) is 2.79. The van der Waals surface area contributed by atoms with Gasteiger partial charge in [0.15, 0.2) is 11.5 Å². The van der Waals surface area contributed by atoms with Gasteiger partial charge in [-0.15, -0.1) is 0 Å². The van der Waals surface area contributed by atoms with Crippen molar-refractivity contribution in [1.82, 2.24) is 9.21 Å². The Bertz CT molecular complexity index is 1210. The van der Waals surface area contributed by atoms with Gasteiger partial charge in [-0.25, -0.2) is 8.42 Å². The van der Waals surface area contributed by atoms with E-state index in [1.54, 1.807) is 12.1 Å². The molecule has 10 nitrogen and oxygen atoms in total. The van der Waals surface area contributed by atoms with Crippen LogP contribution >= 0.6 is 0 Å². The van der Waals surface area contributed by atoms with Gasteiger partial charge in [0.1, 0.15) is 5.56 Å². The quantitative estimate of drug-likeness (QED) is 0.424. The smallest absolute Gasteiger partial charge is 0.387 e. The molecule has 1 amide bonds. The third kappa shape index (κ3) is 5.09. The first-order valence-corrected chi connectivity index (χ1v) is 11.6. The van der Waals surface area contributed by atoms with E-state index in [-0.39, 0.29) is 42.4 Å². The summed E-state index contributed by atoms with van der Waals surface area (Å²) in [5.41, 5.74) is 0.673. The minimum atomic E-state index is -3.78. The first-order valence-electron chi connectivity index (χ1n) is 10.1. The highest BCUT2D eigenvalue weighted by atomic mass is 32.2. The van der Waals surface area contributed by atoms with Crippen LogP contribution in [0.15, 0.2) is 35.2 Å². The Balaban J connectivity index is 1.82. The van der Waals surface area contributed by atoms with Crippen LogP contribution < -0.4 is 9.47 Å². The molecule has 34 heavy (non-hydrogen) atoms. The zero-order valence-electron chi connectivity index (χ0n) is 18.7. The van der Waals surface area contributed by atoms with Crippen LogP contribution in [0.25, 0.3) is 0 Å². The second-order valence-corrected chi connectivity index (χ2v) is 9.54. The van der Waals surface area contributed by atoms with Gasteiger partial charge in [0.2, 0.25) is 10.0 Å². The van der Waals surface area contributed by atoms with Crippen LogP contribution in [0.4, 0.5) is 14.5 Å². The van der Waals surface area contributed by atoms with Gasteiger partial charge >= 0.3 is 6.61 Å². The van der Waals surface area contributed by atoms with Gasteiger partial charge < -0.3 is 14.4 Å². The number of amides is 1. The molecule has 0 bridgehead atoms. The van der Waals surface area contributed by atoms with Gasteiger partial charge in [-0.05, 0) is 37.1 Å². The van der Waals surface area contributed by atoms with Crippen molar-refractivity contribution in [2.45, 2.75) is 25.4 Å². The first kappa shape index (κ1) is 25.3. The number of hydrogen-bond donors (Lipinski definition) is 0. The van der Waals surface area contributed by atoms with Crippen molar-refractivity contribution in [3.63, 3.8) is 0 Å². The fourth-order valence-corrected chi connectivity index (χ4v) is 5.05. The molecule has 0 saturated carbocycles. The van der Waals surface area contributed by atoms with Gasteiger partial charge in [-0.3, -0.25) is 14.9 Å². The van der Waals surface area contributed by atoms with Crippen molar-refractivity contribution in [2.75, 3.05) is 33.3 Å².